The Morgan fingerprint density at radius 2 is 1.89 bits per heavy atom. The predicted molar refractivity (Wildman–Crippen MR) is 109 cm³/mol. The molecule has 6 nitrogen and oxygen atoms in total. The summed E-state index contributed by atoms with van der Waals surface area (Å²) in [5.41, 5.74) is 1.72. The van der Waals surface area contributed by atoms with Crippen molar-refractivity contribution in [2.75, 3.05) is 13.2 Å². The van der Waals surface area contributed by atoms with Gasteiger partial charge in [-0.3, -0.25) is 4.79 Å². The van der Waals surface area contributed by atoms with Crippen molar-refractivity contribution in [1.29, 1.82) is 0 Å². The van der Waals surface area contributed by atoms with Gasteiger partial charge in [0.15, 0.2) is 11.5 Å². The van der Waals surface area contributed by atoms with Crippen LogP contribution in [0.3, 0.4) is 0 Å². The first-order valence-electron chi connectivity index (χ1n) is 9.72. The third-order valence-corrected chi connectivity index (χ3v) is 4.95. The van der Waals surface area contributed by atoms with Gasteiger partial charge in [-0.05, 0) is 35.7 Å². The minimum atomic E-state index is -0.112. The number of aromatic amines is 1. The Hall–Kier alpha value is -2.86. The summed E-state index contributed by atoms with van der Waals surface area (Å²) in [7, 11) is 0. The lowest BCUT2D eigenvalue weighted by Gasteiger charge is -2.24. The molecule has 0 saturated heterocycles. The molecule has 1 aromatic heterocycles. The van der Waals surface area contributed by atoms with Gasteiger partial charge in [0.25, 0.3) is 5.56 Å². The van der Waals surface area contributed by atoms with Gasteiger partial charge in [0.1, 0.15) is 5.82 Å². The zero-order valence-electron chi connectivity index (χ0n) is 16.2. The first-order valence-corrected chi connectivity index (χ1v) is 9.72. The van der Waals surface area contributed by atoms with E-state index in [1.807, 2.05) is 24.3 Å². The normalized spacial score (nSPS) is 14.8. The van der Waals surface area contributed by atoms with E-state index in [1.165, 1.54) is 0 Å². The maximum atomic E-state index is 12.3. The lowest BCUT2D eigenvalue weighted by Crippen LogP contribution is -2.27. The van der Waals surface area contributed by atoms with E-state index in [1.54, 1.807) is 6.07 Å². The number of nitrogens with one attached hydrogen (secondary N) is 2. The highest BCUT2D eigenvalue weighted by Gasteiger charge is 2.19. The number of fused-ring (bicyclic) bond motifs is 2. The predicted octanol–water partition coefficient (Wildman–Crippen LogP) is 3.57. The maximum Gasteiger partial charge on any atom is 0.258 e. The molecule has 2 aromatic carbocycles. The fourth-order valence-electron chi connectivity index (χ4n) is 3.54. The molecule has 1 unspecified atom stereocenters. The van der Waals surface area contributed by atoms with E-state index in [4.69, 9.17) is 9.47 Å². The number of nitrogens with zero attached hydrogens (tertiary/aromatic N) is 1. The highest BCUT2D eigenvalue weighted by Crippen LogP contribution is 2.34. The van der Waals surface area contributed by atoms with E-state index in [0.29, 0.717) is 42.4 Å². The van der Waals surface area contributed by atoms with Crippen LogP contribution in [-0.2, 0) is 6.54 Å². The molecule has 1 atom stereocenters. The largest absolute Gasteiger partial charge is 0.490 e. The highest BCUT2D eigenvalue weighted by atomic mass is 16.5. The van der Waals surface area contributed by atoms with Crippen LogP contribution in [0, 0.1) is 5.92 Å². The van der Waals surface area contributed by atoms with Gasteiger partial charge in [0.05, 0.1) is 30.7 Å². The molecular weight excluding hydrogens is 354 g/mol. The fourth-order valence-corrected chi connectivity index (χ4v) is 3.54. The topological polar surface area (TPSA) is 76.2 Å². The quantitative estimate of drug-likeness (QED) is 0.709. The molecule has 2 heterocycles. The molecule has 0 fully saturated rings. The number of hydrogen-bond acceptors (Lipinski definition) is 5. The molecule has 0 amide bonds. The molecular formula is C22H25N3O3. The standard InChI is InChI=1S/C22H25N3O3/c1-14(2)21(15-8-9-18-19(12-15)28-11-5-10-27-18)23-13-20-24-17-7-4-3-6-16(17)22(26)25-20/h3-4,6-9,12,14,21,23H,5,10-11,13H2,1-2H3,(H,24,25,26). The Labute approximate surface area is 163 Å². The summed E-state index contributed by atoms with van der Waals surface area (Å²) >= 11 is 0. The van der Waals surface area contributed by atoms with Gasteiger partial charge in [-0.25, -0.2) is 4.98 Å². The van der Waals surface area contributed by atoms with E-state index in [-0.39, 0.29) is 11.6 Å². The first-order chi connectivity index (χ1) is 13.6. The zero-order chi connectivity index (χ0) is 19.5. The van der Waals surface area contributed by atoms with Crippen LogP contribution in [0.1, 0.15) is 37.7 Å². The van der Waals surface area contributed by atoms with Gasteiger partial charge in [0, 0.05) is 12.5 Å². The van der Waals surface area contributed by atoms with E-state index >= 15 is 0 Å². The van der Waals surface area contributed by atoms with Crippen molar-refractivity contribution in [3.63, 3.8) is 0 Å². The van der Waals surface area contributed by atoms with Gasteiger partial charge in [-0.1, -0.05) is 32.0 Å². The van der Waals surface area contributed by atoms with E-state index in [2.05, 4.69) is 41.3 Å². The molecule has 0 bridgehead atoms. The van der Waals surface area contributed by atoms with Crippen LogP contribution in [0.25, 0.3) is 10.9 Å². The summed E-state index contributed by atoms with van der Waals surface area (Å²) in [6.45, 7) is 6.14. The van der Waals surface area contributed by atoms with Gasteiger partial charge >= 0.3 is 0 Å². The third-order valence-electron chi connectivity index (χ3n) is 4.95. The summed E-state index contributed by atoms with van der Waals surface area (Å²) in [5.74, 6) is 2.56. The minimum Gasteiger partial charge on any atom is -0.490 e. The van der Waals surface area contributed by atoms with E-state index in [9.17, 15) is 4.79 Å². The Morgan fingerprint density at radius 3 is 2.71 bits per heavy atom. The summed E-state index contributed by atoms with van der Waals surface area (Å²) in [6.07, 6.45) is 0.886. The van der Waals surface area contributed by atoms with Crippen molar-refractivity contribution in [1.82, 2.24) is 15.3 Å². The van der Waals surface area contributed by atoms with Gasteiger partial charge < -0.3 is 19.8 Å². The molecule has 3 aromatic rings. The van der Waals surface area contributed by atoms with Crippen molar-refractivity contribution in [2.45, 2.75) is 32.9 Å². The summed E-state index contributed by atoms with van der Waals surface area (Å²) in [4.78, 5) is 19.7. The van der Waals surface area contributed by atoms with Gasteiger partial charge in [0.2, 0.25) is 0 Å². The molecule has 146 valence electrons. The fraction of sp³-hybridized carbons (Fsp3) is 0.364. The number of para-hydroxylation sites is 1. The molecule has 0 spiro atoms. The van der Waals surface area contributed by atoms with Crippen LogP contribution < -0.4 is 20.3 Å². The van der Waals surface area contributed by atoms with Crippen molar-refractivity contribution in [3.8, 4) is 11.5 Å². The van der Waals surface area contributed by atoms with Crippen LogP contribution in [0.4, 0.5) is 0 Å². The lowest BCUT2D eigenvalue weighted by atomic mass is 9.95. The van der Waals surface area contributed by atoms with Crippen LogP contribution in [0.5, 0.6) is 11.5 Å². The van der Waals surface area contributed by atoms with Gasteiger partial charge in [-0.2, -0.15) is 0 Å². The van der Waals surface area contributed by atoms with Gasteiger partial charge in [-0.15, -0.1) is 0 Å². The van der Waals surface area contributed by atoms with E-state index < -0.39 is 0 Å². The SMILES string of the molecule is CC(C)C(NCc1nc2ccccc2c(=O)[nH]1)c1ccc2c(c1)OCCCO2. The van der Waals surface area contributed by atoms with Crippen LogP contribution in [0.2, 0.25) is 0 Å². The Bertz CT molecular complexity index is 1030. The number of H-pyrrole nitrogens is 1. The molecule has 6 heteroatoms. The zero-order valence-corrected chi connectivity index (χ0v) is 16.2. The molecule has 1 aliphatic heterocycles. The minimum absolute atomic E-state index is 0.0916. The third kappa shape index (κ3) is 3.87. The average molecular weight is 379 g/mol. The number of aromatic nitrogens is 2. The Kier molecular flexibility index (Phi) is 5.30. The second-order valence-corrected chi connectivity index (χ2v) is 7.39. The summed E-state index contributed by atoms with van der Waals surface area (Å²) in [6, 6.07) is 13.6. The van der Waals surface area contributed by atoms with E-state index in [0.717, 1.165) is 23.5 Å². The second kappa shape index (κ2) is 8.02. The molecule has 4 rings (SSSR count). The molecule has 2 N–H and O–H groups in total. The highest BCUT2D eigenvalue weighted by molar-refractivity contribution is 5.77. The smallest absolute Gasteiger partial charge is 0.258 e. The van der Waals surface area contributed by atoms with Crippen molar-refractivity contribution in [2.24, 2.45) is 5.92 Å². The molecule has 0 radical (unpaired) electrons. The first kappa shape index (κ1) is 18.5. The molecule has 0 aliphatic carbocycles. The van der Waals surface area contributed by atoms with Crippen molar-refractivity contribution >= 4 is 10.9 Å². The molecule has 28 heavy (non-hydrogen) atoms. The average Bonchev–Trinajstić information content (AvgIpc) is 2.93. The number of ether oxygens (including phenoxy) is 2. The van der Waals surface area contributed by atoms with Crippen molar-refractivity contribution in [3.05, 3.63) is 64.2 Å². The maximum absolute atomic E-state index is 12.3. The summed E-state index contributed by atoms with van der Waals surface area (Å²) in [5, 5.41) is 4.14. The monoisotopic (exact) mass is 379 g/mol. The van der Waals surface area contributed by atoms with Crippen LogP contribution >= 0.6 is 0 Å². The Balaban J connectivity index is 1.56. The Morgan fingerprint density at radius 1 is 1.11 bits per heavy atom. The number of benzene rings is 2. The van der Waals surface area contributed by atoms with Crippen LogP contribution in [0.15, 0.2) is 47.3 Å². The molecule has 0 saturated carbocycles. The summed E-state index contributed by atoms with van der Waals surface area (Å²) < 4.78 is 11.6. The van der Waals surface area contributed by atoms with Crippen LogP contribution in [-0.4, -0.2) is 23.2 Å². The number of rotatable bonds is 5. The second-order valence-electron chi connectivity index (χ2n) is 7.39. The molecule has 1 aliphatic rings. The lowest BCUT2D eigenvalue weighted by molar-refractivity contribution is 0.296. The number of hydrogen-bond donors (Lipinski definition) is 2. The van der Waals surface area contributed by atoms with Crippen molar-refractivity contribution < 1.29 is 9.47 Å².